The maximum atomic E-state index is 5.94. The van der Waals surface area contributed by atoms with Crippen molar-refractivity contribution < 1.29 is 4.42 Å². The second-order valence-corrected chi connectivity index (χ2v) is 5.45. The minimum absolute atomic E-state index is 0.425. The van der Waals surface area contributed by atoms with E-state index in [1.165, 1.54) is 5.56 Å². The van der Waals surface area contributed by atoms with Gasteiger partial charge in [0.05, 0.1) is 0 Å². The summed E-state index contributed by atoms with van der Waals surface area (Å²) in [7, 11) is 0. The lowest BCUT2D eigenvalue weighted by molar-refractivity contribution is 0.550. The lowest BCUT2D eigenvalue weighted by Crippen LogP contribution is -2.23. The van der Waals surface area contributed by atoms with Crippen LogP contribution in [-0.4, -0.2) is 12.5 Å². The third kappa shape index (κ3) is 3.92. The predicted molar refractivity (Wildman–Crippen MR) is 95.9 cm³/mol. The average Bonchev–Trinajstić information content (AvgIpc) is 2.97. The van der Waals surface area contributed by atoms with Gasteiger partial charge in [-0.15, -0.1) is 0 Å². The van der Waals surface area contributed by atoms with E-state index in [0.717, 1.165) is 35.3 Å². The maximum Gasteiger partial charge on any atom is 0.193 e. The van der Waals surface area contributed by atoms with E-state index in [1.54, 1.807) is 0 Å². The van der Waals surface area contributed by atoms with Crippen LogP contribution in [-0.2, 0) is 12.8 Å². The van der Waals surface area contributed by atoms with Gasteiger partial charge in [-0.3, -0.25) is 4.99 Å². The number of aryl methyl sites for hydroxylation is 1. The lowest BCUT2D eigenvalue weighted by Gasteiger charge is -2.06. The van der Waals surface area contributed by atoms with Gasteiger partial charge in [-0.1, -0.05) is 37.3 Å². The quantitative estimate of drug-likeness (QED) is 0.554. The van der Waals surface area contributed by atoms with Crippen LogP contribution >= 0.6 is 0 Å². The Hall–Kier alpha value is -2.75. The highest BCUT2D eigenvalue weighted by Crippen LogP contribution is 2.19. The molecule has 3 rings (SSSR count). The van der Waals surface area contributed by atoms with Crippen molar-refractivity contribution in [3.05, 3.63) is 65.9 Å². The number of nitrogens with one attached hydrogen (secondary N) is 1. The summed E-state index contributed by atoms with van der Waals surface area (Å²) in [4.78, 5) is 4.36. The number of benzene rings is 2. The number of nitrogens with zero attached hydrogens (tertiary/aromatic N) is 1. The van der Waals surface area contributed by atoms with Crippen molar-refractivity contribution in [1.82, 2.24) is 0 Å². The van der Waals surface area contributed by atoms with Crippen molar-refractivity contribution in [3.63, 3.8) is 0 Å². The molecule has 3 aromatic rings. The molecule has 118 valence electrons. The number of hydrogen-bond acceptors (Lipinski definition) is 2. The second kappa shape index (κ2) is 7.01. The van der Waals surface area contributed by atoms with E-state index >= 15 is 0 Å². The molecule has 0 radical (unpaired) electrons. The molecule has 23 heavy (non-hydrogen) atoms. The monoisotopic (exact) mass is 307 g/mol. The van der Waals surface area contributed by atoms with Gasteiger partial charge < -0.3 is 15.5 Å². The maximum absolute atomic E-state index is 5.94. The van der Waals surface area contributed by atoms with Crippen molar-refractivity contribution in [2.24, 2.45) is 10.7 Å². The third-order valence-corrected chi connectivity index (χ3v) is 3.72. The fourth-order valence-electron chi connectivity index (χ4n) is 2.50. The number of nitrogens with two attached hydrogens (primary N) is 1. The number of anilines is 1. The minimum atomic E-state index is 0.425. The first kappa shape index (κ1) is 15.2. The van der Waals surface area contributed by atoms with Gasteiger partial charge in [-0.25, -0.2) is 0 Å². The molecule has 0 aliphatic rings. The van der Waals surface area contributed by atoms with Gasteiger partial charge in [0, 0.05) is 24.0 Å². The summed E-state index contributed by atoms with van der Waals surface area (Å²) in [6.07, 6.45) is 1.73. The Morgan fingerprint density at radius 3 is 2.83 bits per heavy atom. The standard InChI is InChI=1S/C19H21N3O/c1-2-14-6-5-8-16(12-14)22-19(20)21-11-10-17-13-15-7-3-4-9-18(15)23-17/h3-9,12-13H,2,10-11H2,1H3,(H3,20,21,22). The molecular weight excluding hydrogens is 286 g/mol. The molecule has 3 N–H and O–H groups in total. The first-order valence-electron chi connectivity index (χ1n) is 7.88. The summed E-state index contributed by atoms with van der Waals surface area (Å²) >= 11 is 0. The van der Waals surface area contributed by atoms with Gasteiger partial charge in [0.15, 0.2) is 5.96 Å². The normalized spacial score (nSPS) is 11.8. The number of fused-ring (bicyclic) bond motifs is 1. The summed E-state index contributed by atoms with van der Waals surface area (Å²) in [5.41, 5.74) is 9.09. The Kier molecular flexibility index (Phi) is 4.62. The molecule has 0 amide bonds. The van der Waals surface area contributed by atoms with Crippen LogP contribution in [0, 0.1) is 0 Å². The molecule has 0 spiro atoms. The van der Waals surface area contributed by atoms with Gasteiger partial charge >= 0.3 is 0 Å². The topological polar surface area (TPSA) is 63.5 Å². The van der Waals surface area contributed by atoms with E-state index in [4.69, 9.17) is 10.2 Å². The third-order valence-electron chi connectivity index (χ3n) is 3.72. The molecule has 0 saturated carbocycles. The van der Waals surface area contributed by atoms with Gasteiger partial charge in [0.1, 0.15) is 11.3 Å². The molecule has 0 aliphatic carbocycles. The zero-order valence-corrected chi connectivity index (χ0v) is 13.3. The Morgan fingerprint density at radius 2 is 2.00 bits per heavy atom. The molecule has 0 bridgehead atoms. The molecule has 0 saturated heterocycles. The first-order chi connectivity index (χ1) is 11.2. The number of furan rings is 1. The zero-order chi connectivity index (χ0) is 16.1. The largest absolute Gasteiger partial charge is 0.461 e. The van der Waals surface area contributed by atoms with Gasteiger partial charge in [0.2, 0.25) is 0 Å². The van der Waals surface area contributed by atoms with Crippen molar-refractivity contribution in [1.29, 1.82) is 0 Å². The summed E-state index contributed by atoms with van der Waals surface area (Å²) in [6.45, 7) is 2.72. The molecule has 0 atom stereocenters. The van der Waals surface area contributed by atoms with E-state index in [1.807, 2.05) is 36.4 Å². The van der Waals surface area contributed by atoms with Crippen LogP contribution in [0.2, 0.25) is 0 Å². The average molecular weight is 307 g/mol. The van der Waals surface area contributed by atoms with Crippen molar-refractivity contribution in [3.8, 4) is 0 Å². The summed E-state index contributed by atoms with van der Waals surface area (Å²) in [6, 6.07) is 18.2. The molecule has 0 unspecified atom stereocenters. The minimum Gasteiger partial charge on any atom is -0.461 e. The second-order valence-electron chi connectivity index (χ2n) is 5.45. The van der Waals surface area contributed by atoms with Crippen molar-refractivity contribution >= 4 is 22.6 Å². The smallest absolute Gasteiger partial charge is 0.193 e. The van der Waals surface area contributed by atoms with Crippen LogP contribution in [0.15, 0.2) is 64.0 Å². The molecule has 4 heteroatoms. The molecule has 4 nitrogen and oxygen atoms in total. The summed E-state index contributed by atoms with van der Waals surface area (Å²) in [5, 5.41) is 4.25. The summed E-state index contributed by atoms with van der Waals surface area (Å²) in [5.74, 6) is 1.35. The number of rotatable bonds is 5. The molecule has 0 fully saturated rings. The van der Waals surface area contributed by atoms with E-state index in [9.17, 15) is 0 Å². The Bertz CT molecular complexity index is 787. The van der Waals surface area contributed by atoms with Crippen LogP contribution < -0.4 is 11.1 Å². The number of aliphatic imine (C=N–C) groups is 1. The van der Waals surface area contributed by atoms with E-state index < -0.39 is 0 Å². The molecular formula is C19H21N3O. The van der Waals surface area contributed by atoms with Gasteiger partial charge in [-0.2, -0.15) is 0 Å². The number of guanidine groups is 1. The number of hydrogen-bond donors (Lipinski definition) is 2. The summed E-state index contributed by atoms with van der Waals surface area (Å²) < 4.78 is 5.77. The van der Waals surface area contributed by atoms with Crippen molar-refractivity contribution in [2.75, 3.05) is 11.9 Å². The van der Waals surface area contributed by atoms with E-state index in [2.05, 4.69) is 35.4 Å². The molecule has 0 aliphatic heterocycles. The Morgan fingerprint density at radius 1 is 1.13 bits per heavy atom. The zero-order valence-electron chi connectivity index (χ0n) is 13.3. The van der Waals surface area contributed by atoms with E-state index in [0.29, 0.717) is 12.5 Å². The Balaban J connectivity index is 1.58. The van der Waals surface area contributed by atoms with Gasteiger partial charge in [-0.05, 0) is 36.2 Å². The Labute approximate surface area is 136 Å². The van der Waals surface area contributed by atoms with Crippen molar-refractivity contribution in [2.45, 2.75) is 19.8 Å². The number of para-hydroxylation sites is 1. The molecule has 1 heterocycles. The fourth-order valence-corrected chi connectivity index (χ4v) is 2.50. The van der Waals surface area contributed by atoms with Crippen LogP contribution in [0.1, 0.15) is 18.2 Å². The first-order valence-corrected chi connectivity index (χ1v) is 7.88. The van der Waals surface area contributed by atoms with Gasteiger partial charge in [0.25, 0.3) is 0 Å². The highest BCUT2D eigenvalue weighted by Gasteiger charge is 2.02. The van der Waals surface area contributed by atoms with Crippen LogP contribution in [0.4, 0.5) is 5.69 Å². The SMILES string of the molecule is CCc1cccc(NC(N)=NCCc2cc3ccccc3o2)c1. The predicted octanol–water partition coefficient (Wildman–Crippen LogP) is 3.96. The van der Waals surface area contributed by atoms with Crippen LogP contribution in [0.5, 0.6) is 0 Å². The van der Waals surface area contributed by atoms with Crippen LogP contribution in [0.25, 0.3) is 11.0 Å². The highest BCUT2D eigenvalue weighted by molar-refractivity contribution is 5.92. The van der Waals surface area contributed by atoms with Crippen LogP contribution in [0.3, 0.4) is 0 Å². The molecule has 1 aromatic heterocycles. The molecule has 2 aromatic carbocycles. The highest BCUT2D eigenvalue weighted by atomic mass is 16.3. The van der Waals surface area contributed by atoms with E-state index in [-0.39, 0.29) is 0 Å². The fraction of sp³-hybridized carbons (Fsp3) is 0.211. The lowest BCUT2D eigenvalue weighted by atomic mass is 10.1.